The number of ether oxygens (including phenoxy) is 1. The fourth-order valence-corrected chi connectivity index (χ4v) is 3.43. The highest BCUT2D eigenvalue weighted by molar-refractivity contribution is 5.78. The van der Waals surface area contributed by atoms with E-state index in [2.05, 4.69) is 4.98 Å². The summed E-state index contributed by atoms with van der Waals surface area (Å²) in [5.74, 6) is 0.580. The van der Waals surface area contributed by atoms with Crippen LogP contribution >= 0.6 is 0 Å². The molecule has 158 valence electrons. The smallest absolute Gasteiger partial charge is 0.376 e. The number of imidazole rings is 1. The van der Waals surface area contributed by atoms with Crippen LogP contribution < -0.4 is 0 Å². The Morgan fingerprint density at radius 3 is 2.62 bits per heavy atom. The maximum atomic E-state index is 12.7. The van der Waals surface area contributed by atoms with E-state index in [0.29, 0.717) is 25.5 Å². The molecule has 1 unspecified atom stereocenters. The number of hydrogen-bond donors (Lipinski definition) is 0. The molecule has 5 nitrogen and oxygen atoms in total. The van der Waals surface area contributed by atoms with E-state index in [1.54, 1.807) is 17.3 Å². The highest BCUT2D eigenvalue weighted by atomic mass is 19.4. The number of benzene rings is 1. The van der Waals surface area contributed by atoms with Crippen molar-refractivity contribution < 1.29 is 22.7 Å². The molecular weight excluding hydrogens is 383 g/mol. The summed E-state index contributed by atoms with van der Waals surface area (Å²) in [4.78, 5) is 18.8. The molecule has 0 radical (unpaired) electrons. The molecule has 1 amide bonds. The van der Waals surface area contributed by atoms with Crippen LogP contribution in [0.5, 0.6) is 0 Å². The van der Waals surface area contributed by atoms with Gasteiger partial charge in [0.2, 0.25) is 5.91 Å². The predicted octanol–water partition coefficient (Wildman–Crippen LogP) is 4.11. The van der Waals surface area contributed by atoms with Gasteiger partial charge in [0.05, 0.1) is 18.2 Å². The van der Waals surface area contributed by atoms with Crippen molar-refractivity contribution in [2.75, 3.05) is 13.2 Å². The molecule has 0 spiro atoms. The number of hydrogen-bond acceptors (Lipinski definition) is 3. The molecule has 1 aromatic heterocycles. The van der Waals surface area contributed by atoms with Crippen molar-refractivity contribution in [3.63, 3.8) is 0 Å². The molecule has 8 heteroatoms. The Balaban J connectivity index is 1.72. The number of halogens is 3. The van der Waals surface area contributed by atoms with Crippen LogP contribution in [-0.4, -0.2) is 39.6 Å². The van der Waals surface area contributed by atoms with Crippen molar-refractivity contribution in [1.29, 1.82) is 0 Å². The van der Waals surface area contributed by atoms with Crippen LogP contribution in [0, 0.1) is 5.92 Å². The van der Waals surface area contributed by atoms with Crippen LogP contribution in [0.3, 0.4) is 0 Å². The summed E-state index contributed by atoms with van der Waals surface area (Å²) in [6.45, 7) is 5.68. The number of rotatable bonds is 7. The van der Waals surface area contributed by atoms with E-state index in [1.165, 1.54) is 12.1 Å². The maximum Gasteiger partial charge on any atom is 0.416 e. The topological polar surface area (TPSA) is 47.4 Å². The van der Waals surface area contributed by atoms with Gasteiger partial charge in [-0.25, -0.2) is 4.98 Å². The number of carbonyl (C=O) groups excluding carboxylic acids is 1. The SMILES string of the molecule is CC(C)C(=O)N(Cc1nccn1Cc1ccc(C(F)(F)F)cc1)CC1CCCO1. The standard InChI is InChI=1S/C21H26F3N3O2/c1-15(2)20(28)27(13-18-4-3-11-29-18)14-19-25-9-10-26(19)12-16-5-7-17(8-6-16)21(22,23)24/h5-10,15,18H,3-4,11-14H2,1-2H3. The van der Waals surface area contributed by atoms with Crippen LogP contribution in [0.2, 0.25) is 0 Å². The van der Waals surface area contributed by atoms with Gasteiger partial charge in [-0.15, -0.1) is 0 Å². The van der Waals surface area contributed by atoms with E-state index in [1.807, 2.05) is 18.4 Å². The molecule has 1 aromatic carbocycles. The Morgan fingerprint density at radius 1 is 1.31 bits per heavy atom. The van der Waals surface area contributed by atoms with Gasteiger partial charge in [0.15, 0.2) is 0 Å². The molecule has 0 N–H and O–H groups in total. The lowest BCUT2D eigenvalue weighted by Gasteiger charge is -2.27. The molecule has 2 aromatic rings. The van der Waals surface area contributed by atoms with Crippen LogP contribution in [0.25, 0.3) is 0 Å². The Morgan fingerprint density at radius 2 is 2.03 bits per heavy atom. The molecule has 3 rings (SSSR count). The molecule has 1 aliphatic rings. The second-order valence-electron chi connectivity index (χ2n) is 7.67. The molecule has 1 saturated heterocycles. The van der Waals surface area contributed by atoms with Gasteiger partial charge in [-0.1, -0.05) is 26.0 Å². The van der Waals surface area contributed by atoms with Crippen molar-refractivity contribution in [2.45, 2.75) is 52.1 Å². The first-order valence-electron chi connectivity index (χ1n) is 9.80. The third kappa shape index (κ3) is 5.59. The van der Waals surface area contributed by atoms with Gasteiger partial charge in [-0.3, -0.25) is 4.79 Å². The van der Waals surface area contributed by atoms with E-state index in [0.717, 1.165) is 37.1 Å². The lowest BCUT2D eigenvalue weighted by Crippen LogP contribution is -2.39. The zero-order valence-electron chi connectivity index (χ0n) is 16.7. The average molecular weight is 409 g/mol. The van der Waals surface area contributed by atoms with Crippen LogP contribution in [-0.2, 0) is 28.8 Å². The summed E-state index contributed by atoms with van der Waals surface area (Å²) in [5.41, 5.74) is 0.0653. The summed E-state index contributed by atoms with van der Waals surface area (Å²) in [6, 6.07) is 5.10. The first-order valence-corrected chi connectivity index (χ1v) is 9.80. The van der Waals surface area contributed by atoms with Crippen molar-refractivity contribution in [1.82, 2.24) is 14.5 Å². The summed E-state index contributed by atoms with van der Waals surface area (Å²) < 4.78 is 45.8. The highest BCUT2D eigenvalue weighted by Crippen LogP contribution is 2.29. The van der Waals surface area contributed by atoms with E-state index in [4.69, 9.17) is 4.74 Å². The Bertz CT molecular complexity index is 809. The van der Waals surface area contributed by atoms with E-state index < -0.39 is 11.7 Å². The van der Waals surface area contributed by atoms with Crippen LogP contribution in [0.1, 0.15) is 43.6 Å². The molecule has 1 fully saturated rings. The second kappa shape index (κ2) is 8.98. The van der Waals surface area contributed by atoms with E-state index >= 15 is 0 Å². The second-order valence-corrected chi connectivity index (χ2v) is 7.67. The van der Waals surface area contributed by atoms with Crippen molar-refractivity contribution in [3.05, 3.63) is 53.6 Å². The zero-order valence-corrected chi connectivity index (χ0v) is 16.7. The number of aromatic nitrogens is 2. The van der Waals surface area contributed by atoms with Crippen molar-refractivity contribution in [2.24, 2.45) is 5.92 Å². The molecule has 0 bridgehead atoms. The highest BCUT2D eigenvalue weighted by Gasteiger charge is 2.30. The molecule has 29 heavy (non-hydrogen) atoms. The van der Waals surface area contributed by atoms with Crippen LogP contribution in [0.15, 0.2) is 36.7 Å². The number of amides is 1. The first kappa shape index (κ1) is 21.4. The number of carbonyl (C=O) groups is 1. The van der Waals surface area contributed by atoms with Gasteiger partial charge < -0.3 is 14.2 Å². The quantitative estimate of drug-likeness (QED) is 0.691. The lowest BCUT2D eigenvalue weighted by molar-refractivity contribution is -0.138. The minimum Gasteiger partial charge on any atom is -0.376 e. The predicted molar refractivity (Wildman–Crippen MR) is 102 cm³/mol. The van der Waals surface area contributed by atoms with E-state index in [9.17, 15) is 18.0 Å². The fraction of sp³-hybridized carbons (Fsp3) is 0.524. The first-order chi connectivity index (χ1) is 13.7. The molecule has 1 atom stereocenters. The summed E-state index contributed by atoms with van der Waals surface area (Å²) in [6.07, 6.45) is 1.04. The minimum absolute atomic E-state index is 0.0320. The Labute approximate surface area is 168 Å². The molecule has 2 heterocycles. The molecule has 1 aliphatic heterocycles. The van der Waals surface area contributed by atoms with Crippen molar-refractivity contribution in [3.8, 4) is 0 Å². The zero-order chi connectivity index (χ0) is 21.0. The summed E-state index contributed by atoms with van der Waals surface area (Å²) >= 11 is 0. The summed E-state index contributed by atoms with van der Waals surface area (Å²) in [7, 11) is 0. The average Bonchev–Trinajstić information content (AvgIpc) is 3.32. The van der Waals surface area contributed by atoms with Gasteiger partial charge in [0.1, 0.15) is 5.82 Å². The monoisotopic (exact) mass is 409 g/mol. The van der Waals surface area contributed by atoms with Gasteiger partial charge in [-0.2, -0.15) is 13.2 Å². The number of nitrogens with zero attached hydrogens (tertiary/aromatic N) is 3. The largest absolute Gasteiger partial charge is 0.416 e. The lowest BCUT2D eigenvalue weighted by atomic mass is 10.1. The van der Waals surface area contributed by atoms with Crippen LogP contribution in [0.4, 0.5) is 13.2 Å². The van der Waals surface area contributed by atoms with Gasteiger partial charge >= 0.3 is 6.18 Å². The maximum absolute atomic E-state index is 12.7. The molecular formula is C21H26F3N3O2. The van der Waals surface area contributed by atoms with Gasteiger partial charge in [0, 0.05) is 38.0 Å². The number of alkyl halides is 3. The normalized spacial score (nSPS) is 17.1. The van der Waals surface area contributed by atoms with E-state index in [-0.39, 0.29) is 17.9 Å². The van der Waals surface area contributed by atoms with Gasteiger partial charge in [-0.05, 0) is 30.5 Å². The third-order valence-corrected chi connectivity index (χ3v) is 5.02. The van der Waals surface area contributed by atoms with Gasteiger partial charge in [0.25, 0.3) is 0 Å². The molecule has 0 aliphatic carbocycles. The van der Waals surface area contributed by atoms with Crippen molar-refractivity contribution >= 4 is 5.91 Å². The third-order valence-electron chi connectivity index (χ3n) is 5.02. The summed E-state index contributed by atoms with van der Waals surface area (Å²) in [5, 5.41) is 0. The fourth-order valence-electron chi connectivity index (χ4n) is 3.43. The Hall–Kier alpha value is -2.35. The molecule has 0 saturated carbocycles. The minimum atomic E-state index is -4.35. The Kier molecular flexibility index (Phi) is 6.62.